The summed E-state index contributed by atoms with van der Waals surface area (Å²) in [5, 5.41) is 20.2. The number of likely N-dealkylation sites (N-methyl/N-ethyl adjacent to an activating group) is 1. The predicted octanol–water partition coefficient (Wildman–Crippen LogP) is 4.40. The molecule has 2 heterocycles. The second kappa shape index (κ2) is 12.3. The number of carbonyl (C=O) groups excluding carboxylic acids is 1. The molecular weight excluding hydrogens is 564 g/mol. The number of aliphatic hydroxyl groups excluding tert-OH is 1. The van der Waals surface area contributed by atoms with E-state index in [4.69, 9.17) is 10.00 Å². The van der Waals surface area contributed by atoms with Crippen LogP contribution < -0.4 is 0 Å². The van der Waals surface area contributed by atoms with Gasteiger partial charge in [-0.25, -0.2) is 8.42 Å². The van der Waals surface area contributed by atoms with Crippen LogP contribution in [0, 0.1) is 17.2 Å². The SMILES string of the molecule is C[C@@H]1CN([C@@H](C)CO)C(=O)c2c(c3ccccc3n2C)-c2ccccc2CO[C@H]1CN(C)S(=O)(=O)c1ccc(C#N)cc1. The number of rotatable bonds is 6. The van der Waals surface area contributed by atoms with Crippen LogP contribution in [0.25, 0.3) is 22.0 Å². The van der Waals surface area contributed by atoms with Gasteiger partial charge in [-0.1, -0.05) is 49.4 Å². The molecule has 1 N–H and O–H groups in total. The summed E-state index contributed by atoms with van der Waals surface area (Å²) >= 11 is 0. The predicted molar refractivity (Wildman–Crippen MR) is 165 cm³/mol. The average molecular weight is 601 g/mol. The van der Waals surface area contributed by atoms with Gasteiger partial charge in [0.15, 0.2) is 0 Å². The Kier molecular flexibility index (Phi) is 8.71. The van der Waals surface area contributed by atoms with Crippen molar-refractivity contribution in [3.8, 4) is 17.2 Å². The molecule has 224 valence electrons. The van der Waals surface area contributed by atoms with E-state index < -0.39 is 22.2 Å². The first kappa shape index (κ1) is 30.4. The summed E-state index contributed by atoms with van der Waals surface area (Å²) in [5.41, 5.74) is 4.38. The molecule has 0 radical (unpaired) electrons. The lowest BCUT2D eigenvalue weighted by Crippen LogP contribution is -2.48. The van der Waals surface area contributed by atoms with Gasteiger partial charge in [0.25, 0.3) is 5.91 Å². The normalized spacial score (nSPS) is 18.5. The van der Waals surface area contributed by atoms with Crippen LogP contribution in [0.2, 0.25) is 0 Å². The fourth-order valence-electron chi connectivity index (χ4n) is 5.76. The van der Waals surface area contributed by atoms with E-state index in [9.17, 15) is 18.3 Å². The highest BCUT2D eigenvalue weighted by atomic mass is 32.2. The van der Waals surface area contributed by atoms with Gasteiger partial charge in [0.05, 0.1) is 41.9 Å². The zero-order valence-electron chi connectivity index (χ0n) is 24.8. The number of nitriles is 1. The third-order valence-corrected chi connectivity index (χ3v) is 10.2. The van der Waals surface area contributed by atoms with E-state index in [0.717, 1.165) is 27.6 Å². The van der Waals surface area contributed by atoms with Gasteiger partial charge in [0, 0.05) is 49.6 Å². The van der Waals surface area contributed by atoms with Gasteiger partial charge in [-0.15, -0.1) is 0 Å². The van der Waals surface area contributed by atoms with Gasteiger partial charge in [0.2, 0.25) is 10.0 Å². The Hall–Kier alpha value is -4.01. The van der Waals surface area contributed by atoms with Gasteiger partial charge in [-0.05, 0) is 48.4 Å². The number of aryl methyl sites for hydroxylation is 1. The van der Waals surface area contributed by atoms with Crippen molar-refractivity contribution >= 4 is 26.8 Å². The maximum Gasteiger partial charge on any atom is 0.271 e. The van der Waals surface area contributed by atoms with Crippen LogP contribution in [0.15, 0.2) is 77.7 Å². The van der Waals surface area contributed by atoms with E-state index in [1.165, 1.54) is 35.6 Å². The van der Waals surface area contributed by atoms with E-state index in [2.05, 4.69) is 0 Å². The van der Waals surface area contributed by atoms with Gasteiger partial charge < -0.3 is 19.3 Å². The summed E-state index contributed by atoms with van der Waals surface area (Å²) < 4.78 is 36.6. The molecule has 0 fully saturated rings. The zero-order valence-corrected chi connectivity index (χ0v) is 25.6. The maximum atomic E-state index is 14.5. The Morgan fingerprint density at radius 3 is 2.47 bits per heavy atom. The molecule has 4 aromatic rings. The molecule has 1 aromatic heterocycles. The number of hydrogen-bond donors (Lipinski definition) is 1. The van der Waals surface area contributed by atoms with Gasteiger partial charge in [-0.3, -0.25) is 4.79 Å². The van der Waals surface area contributed by atoms with Crippen LogP contribution >= 0.6 is 0 Å². The quantitative estimate of drug-likeness (QED) is 0.351. The molecule has 0 spiro atoms. The summed E-state index contributed by atoms with van der Waals surface area (Å²) in [6.45, 7) is 4.00. The van der Waals surface area contributed by atoms with E-state index in [1.54, 1.807) is 11.8 Å². The lowest BCUT2D eigenvalue weighted by molar-refractivity contribution is -0.0147. The van der Waals surface area contributed by atoms with Crippen molar-refractivity contribution in [1.29, 1.82) is 5.26 Å². The molecular formula is C33H36N4O5S. The molecule has 1 amide bonds. The highest BCUT2D eigenvalue weighted by Crippen LogP contribution is 2.38. The van der Waals surface area contributed by atoms with Crippen molar-refractivity contribution in [1.82, 2.24) is 13.8 Å². The van der Waals surface area contributed by atoms with Gasteiger partial charge >= 0.3 is 0 Å². The fraction of sp³-hybridized carbons (Fsp3) is 0.333. The van der Waals surface area contributed by atoms with Crippen molar-refractivity contribution in [2.24, 2.45) is 13.0 Å². The van der Waals surface area contributed by atoms with Crippen LogP contribution in [-0.2, 0) is 28.4 Å². The Morgan fingerprint density at radius 2 is 1.77 bits per heavy atom. The third-order valence-electron chi connectivity index (χ3n) is 8.35. The number of hydrogen-bond acceptors (Lipinski definition) is 6. The minimum Gasteiger partial charge on any atom is -0.394 e. The molecule has 10 heteroatoms. The van der Waals surface area contributed by atoms with Crippen molar-refractivity contribution in [3.63, 3.8) is 0 Å². The molecule has 43 heavy (non-hydrogen) atoms. The highest BCUT2D eigenvalue weighted by molar-refractivity contribution is 7.89. The first-order valence-corrected chi connectivity index (χ1v) is 15.7. The molecule has 9 nitrogen and oxygen atoms in total. The lowest BCUT2D eigenvalue weighted by Gasteiger charge is -2.35. The number of aromatic nitrogens is 1. The highest BCUT2D eigenvalue weighted by Gasteiger charge is 2.34. The number of sulfonamides is 1. The van der Waals surface area contributed by atoms with Crippen LogP contribution in [0.3, 0.4) is 0 Å². The average Bonchev–Trinajstić information content (AvgIpc) is 3.31. The molecule has 1 aliphatic heterocycles. The Balaban J connectivity index is 1.59. The lowest BCUT2D eigenvalue weighted by atomic mass is 9.96. The van der Waals surface area contributed by atoms with E-state index in [0.29, 0.717) is 11.3 Å². The van der Waals surface area contributed by atoms with E-state index >= 15 is 0 Å². The van der Waals surface area contributed by atoms with Crippen LogP contribution in [0.4, 0.5) is 0 Å². The van der Waals surface area contributed by atoms with Crippen molar-refractivity contribution in [3.05, 3.63) is 89.6 Å². The molecule has 5 rings (SSSR count). The van der Waals surface area contributed by atoms with E-state index in [-0.39, 0.29) is 43.0 Å². The molecule has 0 saturated heterocycles. The first-order valence-electron chi connectivity index (χ1n) is 14.2. The Morgan fingerprint density at radius 1 is 1.09 bits per heavy atom. The van der Waals surface area contributed by atoms with Crippen molar-refractivity contribution in [2.45, 2.75) is 37.5 Å². The molecule has 0 saturated carbocycles. The summed E-state index contributed by atoms with van der Waals surface area (Å²) in [6.07, 6.45) is -0.578. The first-order chi connectivity index (χ1) is 20.6. The third kappa shape index (κ3) is 5.69. The largest absolute Gasteiger partial charge is 0.394 e. The molecule has 0 unspecified atom stereocenters. The number of carbonyl (C=O) groups is 1. The number of aliphatic hydroxyl groups is 1. The maximum absolute atomic E-state index is 14.5. The summed E-state index contributed by atoms with van der Waals surface area (Å²) in [6, 6.07) is 23.0. The standard InChI is InChI=1S/C33H36N4O5S/c1-22-18-37(23(2)20-38)33(39)32-31(28-11-7-8-12-29(28)36(32)4)27-10-6-5-9-25(27)21-42-30(22)19-35(3)43(40,41)26-15-13-24(17-34)14-16-26/h5-16,22-23,30,38H,18-21H2,1-4H3/t22-,23+,30+/m1/s1. The number of para-hydroxylation sites is 1. The van der Waals surface area contributed by atoms with Crippen molar-refractivity contribution in [2.75, 3.05) is 26.7 Å². The van der Waals surface area contributed by atoms with Crippen LogP contribution in [0.1, 0.15) is 35.5 Å². The monoisotopic (exact) mass is 600 g/mol. The minimum atomic E-state index is -3.88. The zero-order chi connectivity index (χ0) is 30.9. The van der Waals surface area contributed by atoms with Gasteiger partial charge in [0.1, 0.15) is 5.69 Å². The second-order valence-corrected chi connectivity index (χ2v) is 13.2. The van der Waals surface area contributed by atoms with Crippen molar-refractivity contribution < 1.29 is 23.1 Å². The number of amides is 1. The molecule has 3 aromatic carbocycles. The molecule has 1 aliphatic rings. The summed E-state index contributed by atoms with van der Waals surface area (Å²) in [4.78, 5) is 16.2. The Labute approximate surface area is 252 Å². The second-order valence-electron chi connectivity index (χ2n) is 11.2. The smallest absolute Gasteiger partial charge is 0.271 e. The summed E-state index contributed by atoms with van der Waals surface area (Å²) in [5.74, 6) is -0.504. The van der Waals surface area contributed by atoms with Crippen LogP contribution in [-0.4, -0.2) is 72.1 Å². The van der Waals surface area contributed by atoms with E-state index in [1.807, 2.05) is 73.1 Å². The number of nitrogens with zero attached hydrogens (tertiary/aromatic N) is 4. The number of ether oxygens (including phenoxy) is 1. The number of fused-ring (bicyclic) bond motifs is 5. The van der Waals surface area contributed by atoms with Crippen LogP contribution in [0.5, 0.6) is 0 Å². The van der Waals surface area contributed by atoms with Gasteiger partial charge in [-0.2, -0.15) is 9.57 Å². The number of benzene rings is 3. The Bertz CT molecular complexity index is 1790. The molecule has 0 bridgehead atoms. The molecule has 3 atom stereocenters. The topological polar surface area (TPSA) is 116 Å². The fourth-order valence-corrected chi connectivity index (χ4v) is 6.94. The summed E-state index contributed by atoms with van der Waals surface area (Å²) in [7, 11) is -0.494. The minimum absolute atomic E-state index is 0.0388. The molecule has 0 aliphatic carbocycles.